The zero-order chi connectivity index (χ0) is 14.2. The molecule has 102 valence electrons. The van der Waals surface area contributed by atoms with Crippen LogP contribution in [0.5, 0.6) is 0 Å². The third-order valence-electron chi connectivity index (χ3n) is 2.38. The molecule has 0 unspecified atom stereocenters. The van der Waals surface area contributed by atoms with Crippen LogP contribution in [0.1, 0.15) is 11.3 Å². The Kier molecular flexibility index (Phi) is 3.84. The van der Waals surface area contributed by atoms with Crippen molar-refractivity contribution in [2.24, 2.45) is 0 Å². The lowest BCUT2D eigenvalue weighted by Crippen LogP contribution is -2.13. The van der Waals surface area contributed by atoms with E-state index in [0.29, 0.717) is 15.9 Å². The van der Waals surface area contributed by atoms with Gasteiger partial charge >= 0.3 is 0 Å². The van der Waals surface area contributed by atoms with Crippen molar-refractivity contribution in [2.45, 2.75) is 18.1 Å². The van der Waals surface area contributed by atoms with E-state index in [4.69, 9.17) is 5.73 Å². The van der Waals surface area contributed by atoms with E-state index in [9.17, 15) is 8.42 Å². The normalized spacial score (nSPS) is 11.5. The van der Waals surface area contributed by atoms with Crippen molar-refractivity contribution in [1.29, 1.82) is 0 Å². The molecule has 1 aromatic carbocycles. The topological polar surface area (TPSA) is 85.1 Å². The number of anilines is 2. The van der Waals surface area contributed by atoms with Gasteiger partial charge < -0.3 is 5.73 Å². The van der Waals surface area contributed by atoms with E-state index < -0.39 is 10.0 Å². The highest BCUT2D eigenvalue weighted by Gasteiger charge is 2.22. The molecule has 0 bridgehead atoms. The van der Waals surface area contributed by atoms with Gasteiger partial charge in [0.25, 0.3) is 10.0 Å². The van der Waals surface area contributed by atoms with Crippen LogP contribution in [0.2, 0.25) is 0 Å². The van der Waals surface area contributed by atoms with Gasteiger partial charge in [-0.3, -0.25) is 4.72 Å². The van der Waals surface area contributed by atoms with Crippen LogP contribution < -0.4 is 10.5 Å². The quantitative estimate of drug-likeness (QED) is 0.879. The van der Waals surface area contributed by atoms with Crippen molar-refractivity contribution in [2.75, 3.05) is 10.5 Å². The van der Waals surface area contributed by atoms with Crippen LogP contribution in [0.15, 0.2) is 26.9 Å². The molecule has 8 heteroatoms. The molecule has 0 aliphatic carbocycles. The lowest BCUT2D eigenvalue weighted by Gasteiger charge is -2.09. The van der Waals surface area contributed by atoms with Gasteiger partial charge in [-0.25, -0.2) is 13.4 Å². The van der Waals surface area contributed by atoms with Crippen molar-refractivity contribution in [3.8, 4) is 0 Å². The molecular weight excluding hydrogens is 350 g/mol. The summed E-state index contributed by atoms with van der Waals surface area (Å²) in [6.45, 7) is 3.54. The molecular formula is C11H12BrN3O2S2. The van der Waals surface area contributed by atoms with E-state index >= 15 is 0 Å². The Labute approximate surface area is 124 Å². The Bertz CT molecular complexity index is 726. The number of nitrogens with zero attached hydrogens (tertiary/aromatic N) is 1. The molecule has 0 fully saturated rings. The summed E-state index contributed by atoms with van der Waals surface area (Å²) < 4.78 is 27.9. The van der Waals surface area contributed by atoms with Crippen molar-refractivity contribution in [1.82, 2.24) is 4.98 Å². The second-order valence-corrected chi connectivity index (χ2v) is 7.78. The summed E-state index contributed by atoms with van der Waals surface area (Å²) in [6.07, 6.45) is 0. The first-order valence-corrected chi connectivity index (χ1v) is 8.41. The predicted octanol–water partition coefficient (Wildman–Crippen LogP) is 2.91. The third-order valence-corrected chi connectivity index (χ3v) is 6.00. The van der Waals surface area contributed by atoms with E-state index in [1.165, 1.54) is 0 Å². The number of rotatable bonds is 3. The lowest BCUT2D eigenvalue weighted by atomic mass is 10.2. The van der Waals surface area contributed by atoms with Crippen LogP contribution in [-0.4, -0.2) is 13.4 Å². The number of nitrogens with one attached hydrogen (secondary N) is 1. The number of benzene rings is 1. The average Bonchev–Trinajstić information content (AvgIpc) is 2.63. The van der Waals surface area contributed by atoms with Gasteiger partial charge in [0.1, 0.15) is 0 Å². The van der Waals surface area contributed by atoms with Gasteiger partial charge in [0.05, 0.1) is 11.4 Å². The predicted molar refractivity (Wildman–Crippen MR) is 81.0 cm³/mol. The Morgan fingerprint density at radius 3 is 2.58 bits per heavy atom. The minimum atomic E-state index is -3.66. The molecule has 0 saturated carbocycles. The number of halogens is 1. The van der Waals surface area contributed by atoms with Gasteiger partial charge in [-0.2, -0.15) is 0 Å². The summed E-state index contributed by atoms with van der Waals surface area (Å²) in [5, 5.41) is 0.237. The number of sulfonamides is 1. The molecule has 1 aromatic heterocycles. The largest absolute Gasteiger partial charge is 0.375 e. The molecule has 0 amide bonds. The Balaban J connectivity index is 2.39. The highest BCUT2D eigenvalue weighted by molar-refractivity contribution is 9.10. The van der Waals surface area contributed by atoms with Crippen molar-refractivity contribution < 1.29 is 8.42 Å². The molecule has 0 aliphatic rings. The zero-order valence-corrected chi connectivity index (χ0v) is 13.5. The number of hydrogen-bond donors (Lipinski definition) is 2. The first-order chi connectivity index (χ1) is 8.79. The summed E-state index contributed by atoms with van der Waals surface area (Å²) in [7, 11) is -3.66. The van der Waals surface area contributed by atoms with Gasteiger partial charge in [-0.05, 0) is 47.5 Å². The number of thiazole rings is 1. The van der Waals surface area contributed by atoms with Crippen LogP contribution >= 0.6 is 27.3 Å². The number of nitrogen functional groups attached to an aromatic ring is 1. The average molecular weight is 362 g/mol. The monoisotopic (exact) mass is 361 g/mol. The van der Waals surface area contributed by atoms with Crippen molar-refractivity contribution in [3.05, 3.63) is 33.9 Å². The van der Waals surface area contributed by atoms with Crippen LogP contribution in [-0.2, 0) is 10.0 Å². The van der Waals surface area contributed by atoms with E-state index in [2.05, 4.69) is 25.6 Å². The van der Waals surface area contributed by atoms with Crippen molar-refractivity contribution in [3.63, 3.8) is 0 Å². The Morgan fingerprint density at radius 1 is 1.37 bits per heavy atom. The fraction of sp³-hybridized carbons (Fsp3) is 0.182. The van der Waals surface area contributed by atoms with Crippen molar-refractivity contribution >= 4 is 48.1 Å². The standard InChI is InChI=1S/C11H12BrN3O2S2/c1-6-3-4-9(8(12)5-6)15-19(16,17)10-7(2)14-11(13)18-10/h3-5,15H,1-2H3,(H2,13,14). The molecule has 2 aromatic rings. The fourth-order valence-corrected chi connectivity index (χ4v) is 4.65. The molecule has 1 heterocycles. The van der Waals surface area contributed by atoms with Gasteiger partial charge in [0.15, 0.2) is 9.34 Å². The van der Waals surface area contributed by atoms with E-state index in [1.807, 2.05) is 19.1 Å². The second-order valence-electron chi connectivity index (χ2n) is 4.01. The van der Waals surface area contributed by atoms with Gasteiger partial charge in [0.2, 0.25) is 0 Å². The molecule has 3 N–H and O–H groups in total. The summed E-state index contributed by atoms with van der Waals surface area (Å²) in [5.41, 5.74) is 7.44. The molecule has 0 atom stereocenters. The smallest absolute Gasteiger partial charge is 0.273 e. The van der Waals surface area contributed by atoms with Crippen LogP contribution in [0.25, 0.3) is 0 Å². The molecule has 2 rings (SSSR count). The zero-order valence-electron chi connectivity index (χ0n) is 10.3. The number of aryl methyl sites for hydroxylation is 2. The number of aromatic nitrogens is 1. The van der Waals surface area contributed by atoms with E-state index in [0.717, 1.165) is 16.9 Å². The highest BCUT2D eigenvalue weighted by atomic mass is 79.9. The first-order valence-electron chi connectivity index (χ1n) is 5.31. The Morgan fingerprint density at radius 2 is 2.05 bits per heavy atom. The molecule has 0 radical (unpaired) electrons. The van der Waals surface area contributed by atoms with Gasteiger partial charge in [-0.15, -0.1) is 0 Å². The third kappa shape index (κ3) is 3.07. The summed E-state index contributed by atoms with van der Waals surface area (Å²) in [4.78, 5) is 3.92. The Hall–Kier alpha value is -1.12. The minimum Gasteiger partial charge on any atom is -0.375 e. The number of nitrogens with two attached hydrogens (primary N) is 1. The highest BCUT2D eigenvalue weighted by Crippen LogP contribution is 2.30. The maximum atomic E-state index is 12.3. The maximum absolute atomic E-state index is 12.3. The molecule has 19 heavy (non-hydrogen) atoms. The van der Waals surface area contributed by atoms with Crippen LogP contribution in [0, 0.1) is 13.8 Å². The van der Waals surface area contributed by atoms with Gasteiger partial charge in [-0.1, -0.05) is 17.4 Å². The molecule has 0 spiro atoms. The lowest BCUT2D eigenvalue weighted by molar-refractivity contribution is 0.602. The van der Waals surface area contributed by atoms with E-state index in [-0.39, 0.29) is 9.34 Å². The SMILES string of the molecule is Cc1ccc(NS(=O)(=O)c2sc(N)nc2C)c(Br)c1. The fourth-order valence-electron chi connectivity index (χ4n) is 1.55. The summed E-state index contributed by atoms with van der Waals surface area (Å²) in [5.74, 6) is 0. The molecule has 5 nitrogen and oxygen atoms in total. The second kappa shape index (κ2) is 5.10. The number of hydrogen-bond acceptors (Lipinski definition) is 5. The van der Waals surface area contributed by atoms with E-state index in [1.54, 1.807) is 13.0 Å². The minimum absolute atomic E-state index is 0.137. The molecule has 0 aliphatic heterocycles. The van der Waals surface area contributed by atoms with Crippen LogP contribution in [0.3, 0.4) is 0 Å². The maximum Gasteiger partial charge on any atom is 0.273 e. The summed E-state index contributed by atoms with van der Waals surface area (Å²) in [6, 6.07) is 5.37. The van der Waals surface area contributed by atoms with Crippen LogP contribution in [0.4, 0.5) is 10.8 Å². The molecule has 0 saturated heterocycles. The first kappa shape index (κ1) is 14.3. The summed E-state index contributed by atoms with van der Waals surface area (Å²) >= 11 is 4.28. The van der Waals surface area contributed by atoms with Gasteiger partial charge in [0, 0.05) is 4.47 Å².